The van der Waals surface area contributed by atoms with E-state index in [4.69, 9.17) is 11.6 Å². The van der Waals surface area contributed by atoms with Crippen molar-refractivity contribution in [2.24, 2.45) is 0 Å². The maximum Gasteiger partial charge on any atom is 0.262 e. The summed E-state index contributed by atoms with van der Waals surface area (Å²) in [5, 5.41) is 5.90. The number of hydrogen-bond donors (Lipinski definition) is 1. The van der Waals surface area contributed by atoms with Gasteiger partial charge in [-0.15, -0.1) is 11.3 Å². The number of para-hydroxylation sites is 1. The van der Waals surface area contributed by atoms with Crippen molar-refractivity contribution < 1.29 is 4.79 Å². The summed E-state index contributed by atoms with van der Waals surface area (Å²) in [6.45, 7) is -0.0996. The van der Waals surface area contributed by atoms with Crippen LogP contribution in [0.4, 0.5) is 5.69 Å². The third-order valence-electron chi connectivity index (χ3n) is 3.97. The van der Waals surface area contributed by atoms with E-state index in [0.717, 1.165) is 9.79 Å². The molecule has 8 heteroatoms. The Morgan fingerprint density at radius 2 is 1.93 bits per heavy atom. The summed E-state index contributed by atoms with van der Waals surface area (Å²) in [5.41, 5.74) is 0.468. The summed E-state index contributed by atoms with van der Waals surface area (Å²) >= 11 is 8.86. The van der Waals surface area contributed by atoms with E-state index >= 15 is 0 Å². The fourth-order valence-electron chi connectivity index (χ4n) is 2.64. The van der Waals surface area contributed by atoms with Gasteiger partial charge in [-0.3, -0.25) is 14.2 Å². The molecule has 0 saturated carbocycles. The second-order valence-corrected chi connectivity index (χ2v) is 8.36. The minimum Gasteiger partial charge on any atom is -0.323 e. The predicted molar refractivity (Wildman–Crippen MR) is 115 cm³/mol. The Morgan fingerprint density at radius 1 is 1.14 bits per heavy atom. The Morgan fingerprint density at radius 3 is 2.75 bits per heavy atom. The zero-order chi connectivity index (χ0) is 19.5. The highest BCUT2D eigenvalue weighted by Gasteiger charge is 2.11. The van der Waals surface area contributed by atoms with Gasteiger partial charge in [-0.2, -0.15) is 0 Å². The number of carbonyl (C=O) groups excluding carboxylic acids is 1. The van der Waals surface area contributed by atoms with Crippen molar-refractivity contribution in [1.82, 2.24) is 9.55 Å². The van der Waals surface area contributed by atoms with Gasteiger partial charge in [0.25, 0.3) is 5.56 Å². The average molecular weight is 428 g/mol. The normalized spacial score (nSPS) is 10.9. The van der Waals surface area contributed by atoms with Crippen LogP contribution in [0.5, 0.6) is 0 Å². The van der Waals surface area contributed by atoms with E-state index < -0.39 is 0 Å². The molecule has 28 heavy (non-hydrogen) atoms. The van der Waals surface area contributed by atoms with Gasteiger partial charge in [0.15, 0.2) is 0 Å². The predicted octanol–water partition coefficient (Wildman–Crippen LogP) is 4.90. The molecular weight excluding hydrogens is 414 g/mol. The summed E-state index contributed by atoms with van der Waals surface area (Å²) < 4.78 is 1.32. The molecule has 0 saturated heterocycles. The van der Waals surface area contributed by atoms with Crippen LogP contribution < -0.4 is 10.9 Å². The molecule has 0 aliphatic heterocycles. The topological polar surface area (TPSA) is 64.0 Å². The summed E-state index contributed by atoms with van der Waals surface area (Å²) in [6.07, 6.45) is 1.41. The lowest BCUT2D eigenvalue weighted by molar-refractivity contribution is -0.116. The van der Waals surface area contributed by atoms with Gasteiger partial charge in [-0.25, -0.2) is 4.98 Å². The molecule has 0 fully saturated rings. The van der Waals surface area contributed by atoms with Crippen molar-refractivity contribution in [3.63, 3.8) is 0 Å². The van der Waals surface area contributed by atoms with Crippen LogP contribution >= 0.6 is 34.7 Å². The number of aromatic nitrogens is 2. The van der Waals surface area contributed by atoms with Crippen LogP contribution in [0, 0.1) is 0 Å². The second kappa shape index (κ2) is 8.18. The third kappa shape index (κ3) is 4.11. The Balaban J connectivity index is 1.52. The number of hydrogen-bond acceptors (Lipinski definition) is 5. The summed E-state index contributed by atoms with van der Waals surface area (Å²) in [7, 11) is 0. The molecule has 0 unspecified atom stereocenters. The number of nitrogens with one attached hydrogen (secondary N) is 1. The van der Waals surface area contributed by atoms with Gasteiger partial charge in [0, 0.05) is 14.8 Å². The molecule has 0 aliphatic carbocycles. The van der Waals surface area contributed by atoms with Gasteiger partial charge < -0.3 is 5.32 Å². The molecule has 0 spiro atoms. The number of halogens is 1. The van der Waals surface area contributed by atoms with Crippen molar-refractivity contribution in [2.75, 3.05) is 5.32 Å². The second-order valence-electron chi connectivity index (χ2n) is 5.92. The minimum absolute atomic E-state index is 0.0996. The molecule has 0 aliphatic rings. The largest absolute Gasteiger partial charge is 0.323 e. The van der Waals surface area contributed by atoms with E-state index in [-0.39, 0.29) is 18.0 Å². The van der Waals surface area contributed by atoms with Crippen LogP contribution in [0.3, 0.4) is 0 Å². The summed E-state index contributed by atoms with van der Waals surface area (Å²) in [5.74, 6) is -0.289. The number of benzene rings is 2. The first-order valence-electron chi connectivity index (χ1n) is 8.35. The highest BCUT2D eigenvalue weighted by molar-refractivity contribution is 7.99. The van der Waals surface area contributed by atoms with E-state index in [2.05, 4.69) is 10.3 Å². The van der Waals surface area contributed by atoms with Crippen LogP contribution in [0.15, 0.2) is 80.9 Å². The molecule has 4 aromatic rings. The monoisotopic (exact) mass is 427 g/mol. The molecule has 2 aromatic heterocycles. The van der Waals surface area contributed by atoms with Crippen LogP contribution in [0.2, 0.25) is 5.02 Å². The zero-order valence-corrected chi connectivity index (χ0v) is 16.9. The van der Waals surface area contributed by atoms with Crippen molar-refractivity contribution in [1.29, 1.82) is 0 Å². The third-order valence-corrected chi connectivity index (χ3v) is 6.12. The van der Waals surface area contributed by atoms with Gasteiger partial charge in [-0.1, -0.05) is 35.5 Å². The molecule has 2 heterocycles. The van der Waals surface area contributed by atoms with Crippen LogP contribution in [0.1, 0.15) is 0 Å². The smallest absolute Gasteiger partial charge is 0.262 e. The molecule has 0 radical (unpaired) electrons. The lowest BCUT2D eigenvalue weighted by Gasteiger charge is -2.11. The van der Waals surface area contributed by atoms with Crippen molar-refractivity contribution in [3.05, 3.63) is 81.7 Å². The number of amides is 1. The van der Waals surface area contributed by atoms with Crippen LogP contribution in [0.25, 0.3) is 10.2 Å². The zero-order valence-electron chi connectivity index (χ0n) is 14.5. The Labute approximate surface area is 174 Å². The molecule has 2 aromatic carbocycles. The Bertz CT molecular complexity index is 1200. The summed E-state index contributed by atoms with van der Waals surface area (Å²) in [6, 6.07) is 16.7. The molecule has 140 valence electrons. The lowest BCUT2D eigenvalue weighted by Crippen LogP contribution is -2.27. The number of fused-ring (bicyclic) bond motifs is 1. The highest BCUT2D eigenvalue weighted by atomic mass is 35.5. The number of thiophene rings is 1. The van der Waals surface area contributed by atoms with Gasteiger partial charge in [0.05, 0.1) is 17.4 Å². The van der Waals surface area contributed by atoms with Gasteiger partial charge in [-0.05, 0) is 47.8 Å². The first-order chi connectivity index (χ1) is 13.6. The molecule has 1 N–H and O–H groups in total. The molecule has 5 nitrogen and oxygen atoms in total. The maximum absolute atomic E-state index is 12.5. The number of nitrogens with zero attached hydrogens (tertiary/aromatic N) is 2. The van der Waals surface area contributed by atoms with E-state index in [0.29, 0.717) is 20.9 Å². The number of anilines is 1. The fourth-order valence-corrected chi connectivity index (χ4v) is 4.39. The summed E-state index contributed by atoms with van der Waals surface area (Å²) in [4.78, 5) is 31.8. The first kappa shape index (κ1) is 18.7. The molecule has 0 bridgehead atoms. The van der Waals surface area contributed by atoms with Crippen molar-refractivity contribution in [3.8, 4) is 0 Å². The van der Waals surface area contributed by atoms with Gasteiger partial charge >= 0.3 is 0 Å². The Kier molecular flexibility index (Phi) is 5.47. The van der Waals surface area contributed by atoms with E-state index in [1.54, 1.807) is 6.07 Å². The average Bonchev–Trinajstić information content (AvgIpc) is 3.17. The minimum atomic E-state index is -0.289. The number of carbonyl (C=O) groups is 1. The maximum atomic E-state index is 12.5. The lowest BCUT2D eigenvalue weighted by atomic mass is 10.3. The van der Waals surface area contributed by atoms with E-state index in [1.165, 1.54) is 34.0 Å². The van der Waals surface area contributed by atoms with Gasteiger partial charge in [0.2, 0.25) is 5.91 Å². The van der Waals surface area contributed by atoms with Crippen molar-refractivity contribution >= 4 is 56.5 Å². The highest BCUT2D eigenvalue weighted by Crippen LogP contribution is 2.33. The van der Waals surface area contributed by atoms with Crippen molar-refractivity contribution in [2.45, 2.75) is 16.3 Å². The SMILES string of the molecule is O=C(Cn1cnc2sccc2c1=O)Nc1ccccc1Sc1ccc(Cl)cc1. The quantitative estimate of drug-likeness (QED) is 0.492. The van der Waals surface area contributed by atoms with Crippen LogP contribution in [-0.4, -0.2) is 15.5 Å². The first-order valence-corrected chi connectivity index (χ1v) is 10.4. The molecule has 0 atom stereocenters. The fraction of sp³-hybridized carbons (Fsp3) is 0.0500. The van der Waals surface area contributed by atoms with E-state index in [9.17, 15) is 9.59 Å². The van der Waals surface area contributed by atoms with Gasteiger partial charge in [0.1, 0.15) is 11.4 Å². The van der Waals surface area contributed by atoms with Crippen LogP contribution in [-0.2, 0) is 11.3 Å². The number of rotatable bonds is 5. The standard InChI is InChI=1S/C20H14ClN3O2S2/c21-13-5-7-14(8-6-13)28-17-4-2-1-3-16(17)23-18(25)11-24-12-22-19-15(20(24)26)9-10-27-19/h1-10,12H,11H2,(H,23,25). The Hall–Kier alpha value is -2.61. The molecular formula is C20H14ClN3O2S2. The van der Waals surface area contributed by atoms with E-state index in [1.807, 2.05) is 53.9 Å². The molecule has 1 amide bonds. The molecule has 4 rings (SSSR count).